The van der Waals surface area contributed by atoms with Crippen LogP contribution in [0.1, 0.15) is 21.5 Å². The smallest absolute Gasteiger partial charge is 0.257 e. The van der Waals surface area contributed by atoms with E-state index in [0.29, 0.717) is 22.7 Å². The fraction of sp³-hybridized carbons (Fsp3) is 0.200. The van der Waals surface area contributed by atoms with Gasteiger partial charge in [0.15, 0.2) is 0 Å². The number of hydrogen-bond acceptors (Lipinski definition) is 5. The summed E-state index contributed by atoms with van der Waals surface area (Å²) in [6.45, 7) is 3.53. The van der Waals surface area contributed by atoms with Crippen LogP contribution in [0.3, 0.4) is 0 Å². The quantitative estimate of drug-likeness (QED) is 0.881. The number of ether oxygens (including phenoxy) is 1. The molecule has 0 aliphatic heterocycles. The number of methoxy groups -OCH3 is 1. The molecule has 1 amide bonds. The Labute approximate surface area is 134 Å². The molecule has 0 aliphatic carbocycles. The van der Waals surface area contributed by atoms with Crippen molar-refractivity contribution in [1.29, 1.82) is 0 Å². The van der Waals surface area contributed by atoms with Gasteiger partial charge in [-0.2, -0.15) is 0 Å². The zero-order valence-corrected chi connectivity index (χ0v) is 13.8. The Morgan fingerprint density at radius 3 is 2.48 bits per heavy atom. The normalized spacial score (nSPS) is 11.1. The van der Waals surface area contributed by atoms with Gasteiger partial charge in [0.1, 0.15) is 0 Å². The second-order valence-electron chi connectivity index (χ2n) is 5.00. The Hall–Kier alpha value is -2.45. The van der Waals surface area contributed by atoms with Crippen LogP contribution in [0.15, 0.2) is 35.4 Å². The minimum absolute atomic E-state index is 0.0521. The van der Waals surface area contributed by atoms with E-state index in [4.69, 9.17) is 9.88 Å². The van der Waals surface area contributed by atoms with Crippen molar-refractivity contribution >= 4 is 21.6 Å². The molecular formula is C15H17N3O4S. The number of primary sulfonamides is 1. The van der Waals surface area contributed by atoms with Gasteiger partial charge in [0.25, 0.3) is 5.91 Å². The summed E-state index contributed by atoms with van der Waals surface area (Å²) in [5, 5.41) is 7.83. The topological polar surface area (TPSA) is 111 Å². The lowest BCUT2D eigenvalue weighted by molar-refractivity contribution is 0.102. The molecule has 0 bridgehead atoms. The zero-order valence-electron chi connectivity index (χ0n) is 13.0. The third-order valence-corrected chi connectivity index (χ3v) is 4.32. The molecule has 0 fully saturated rings. The second-order valence-corrected chi connectivity index (χ2v) is 6.56. The number of sulfonamides is 1. The number of nitrogens with zero attached hydrogens (tertiary/aromatic N) is 1. The molecule has 3 N–H and O–H groups in total. The van der Waals surface area contributed by atoms with E-state index in [1.54, 1.807) is 26.0 Å². The van der Waals surface area contributed by atoms with Crippen molar-refractivity contribution in [2.75, 3.05) is 12.4 Å². The number of anilines is 1. The number of nitrogens with two attached hydrogens (primary N) is 1. The van der Waals surface area contributed by atoms with Gasteiger partial charge >= 0.3 is 0 Å². The van der Waals surface area contributed by atoms with E-state index in [9.17, 15) is 13.2 Å². The predicted octanol–water partition coefficient (Wildman–Crippen LogP) is 1.61. The van der Waals surface area contributed by atoms with Gasteiger partial charge in [0.05, 0.1) is 17.6 Å². The first-order valence-electron chi connectivity index (χ1n) is 6.68. The lowest BCUT2D eigenvalue weighted by Gasteiger charge is -2.12. The third kappa shape index (κ3) is 3.85. The molecule has 8 heteroatoms. The van der Waals surface area contributed by atoms with E-state index in [1.807, 2.05) is 0 Å². The van der Waals surface area contributed by atoms with Crippen molar-refractivity contribution in [3.63, 3.8) is 0 Å². The minimum Gasteiger partial charge on any atom is -0.481 e. The van der Waals surface area contributed by atoms with Crippen molar-refractivity contribution in [3.8, 4) is 5.88 Å². The zero-order chi connectivity index (χ0) is 17.2. The van der Waals surface area contributed by atoms with Crippen LogP contribution in [-0.2, 0) is 10.0 Å². The van der Waals surface area contributed by atoms with Crippen LogP contribution in [0, 0.1) is 13.8 Å². The maximum Gasteiger partial charge on any atom is 0.257 e. The molecule has 7 nitrogen and oxygen atoms in total. The Balaban J connectivity index is 2.35. The summed E-state index contributed by atoms with van der Waals surface area (Å²) in [5.74, 6) is -0.0148. The molecule has 0 saturated heterocycles. The summed E-state index contributed by atoms with van der Waals surface area (Å²) in [4.78, 5) is 16.2. The first kappa shape index (κ1) is 16.9. The highest BCUT2D eigenvalue weighted by molar-refractivity contribution is 7.89. The van der Waals surface area contributed by atoms with Gasteiger partial charge in [-0.05, 0) is 43.2 Å². The molecule has 2 aromatic rings. The number of nitrogens with one attached hydrogen (secondary N) is 1. The number of aryl methyl sites for hydroxylation is 1. The van der Waals surface area contributed by atoms with E-state index in [2.05, 4.69) is 10.3 Å². The maximum absolute atomic E-state index is 12.3. The molecule has 1 aromatic carbocycles. The Kier molecular flexibility index (Phi) is 4.67. The van der Waals surface area contributed by atoms with Gasteiger partial charge in [-0.3, -0.25) is 4.79 Å². The molecule has 0 atom stereocenters. The summed E-state index contributed by atoms with van der Waals surface area (Å²) in [6, 6.07) is 5.93. The number of carbonyl (C=O) groups excluding carboxylic acids is 1. The summed E-state index contributed by atoms with van der Waals surface area (Å²) < 4.78 is 28.0. The fourth-order valence-electron chi connectivity index (χ4n) is 1.95. The van der Waals surface area contributed by atoms with Gasteiger partial charge in [0.2, 0.25) is 15.9 Å². The molecule has 2 rings (SSSR count). The van der Waals surface area contributed by atoms with Crippen molar-refractivity contribution in [3.05, 3.63) is 47.2 Å². The highest BCUT2D eigenvalue weighted by atomic mass is 32.2. The van der Waals surface area contributed by atoms with Gasteiger partial charge < -0.3 is 10.1 Å². The molecule has 0 radical (unpaired) electrons. The molecule has 0 saturated carbocycles. The van der Waals surface area contributed by atoms with Gasteiger partial charge in [-0.1, -0.05) is 0 Å². The van der Waals surface area contributed by atoms with Crippen LogP contribution in [0.4, 0.5) is 5.69 Å². The fourth-order valence-corrected chi connectivity index (χ4v) is 2.57. The monoisotopic (exact) mass is 335 g/mol. The molecule has 0 spiro atoms. The van der Waals surface area contributed by atoms with Crippen LogP contribution in [0.25, 0.3) is 0 Å². The number of aromatic nitrogens is 1. The first-order chi connectivity index (χ1) is 10.7. The van der Waals surface area contributed by atoms with Crippen molar-refractivity contribution in [2.45, 2.75) is 18.7 Å². The number of pyridine rings is 1. The summed E-state index contributed by atoms with van der Waals surface area (Å²) in [5.41, 5.74) is 2.17. The summed E-state index contributed by atoms with van der Waals surface area (Å²) in [6.07, 6.45) is 1.37. The standard InChI is InChI=1S/C15H17N3O4S/c1-9-6-12(23(16,20)21)7-13(10(9)2)18-15(19)11-4-5-14(22-3)17-8-11/h4-8H,1-3H3,(H,18,19)(H2,16,20,21). The first-order valence-corrected chi connectivity index (χ1v) is 8.22. The van der Waals surface area contributed by atoms with Crippen molar-refractivity contribution < 1.29 is 17.9 Å². The molecule has 0 unspecified atom stereocenters. The van der Waals surface area contributed by atoms with E-state index in [-0.39, 0.29) is 4.90 Å². The third-order valence-electron chi connectivity index (χ3n) is 3.43. The number of rotatable bonds is 4. The average molecular weight is 335 g/mol. The van der Waals surface area contributed by atoms with Crippen LogP contribution < -0.4 is 15.2 Å². The maximum atomic E-state index is 12.3. The predicted molar refractivity (Wildman–Crippen MR) is 86.0 cm³/mol. The average Bonchev–Trinajstić information content (AvgIpc) is 2.50. The lowest BCUT2D eigenvalue weighted by atomic mass is 10.1. The number of carbonyl (C=O) groups is 1. The van der Waals surface area contributed by atoms with E-state index < -0.39 is 15.9 Å². The molecule has 23 heavy (non-hydrogen) atoms. The number of amides is 1. The highest BCUT2D eigenvalue weighted by Crippen LogP contribution is 2.24. The van der Waals surface area contributed by atoms with Crippen LogP contribution in [0.5, 0.6) is 5.88 Å². The molecular weight excluding hydrogens is 318 g/mol. The van der Waals surface area contributed by atoms with E-state index >= 15 is 0 Å². The minimum atomic E-state index is -3.85. The SMILES string of the molecule is COc1ccc(C(=O)Nc2cc(S(N)(=O)=O)cc(C)c2C)cn1. The van der Waals surface area contributed by atoms with Crippen LogP contribution in [0.2, 0.25) is 0 Å². The molecule has 1 aromatic heterocycles. The Morgan fingerprint density at radius 2 is 1.96 bits per heavy atom. The van der Waals surface area contributed by atoms with E-state index in [0.717, 1.165) is 5.56 Å². The van der Waals surface area contributed by atoms with Crippen LogP contribution in [-0.4, -0.2) is 26.4 Å². The second kappa shape index (κ2) is 6.35. The van der Waals surface area contributed by atoms with Crippen molar-refractivity contribution in [2.24, 2.45) is 5.14 Å². The molecule has 0 aliphatic rings. The molecule has 122 valence electrons. The van der Waals surface area contributed by atoms with E-state index in [1.165, 1.54) is 25.4 Å². The van der Waals surface area contributed by atoms with Crippen LogP contribution >= 0.6 is 0 Å². The largest absolute Gasteiger partial charge is 0.481 e. The lowest BCUT2D eigenvalue weighted by Crippen LogP contribution is -2.16. The summed E-state index contributed by atoms with van der Waals surface area (Å²) in [7, 11) is -2.38. The van der Waals surface area contributed by atoms with Crippen molar-refractivity contribution in [1.82, 2.24) is 4.98 Å². The Morgan fingerprint density at radius 1 is 1.26 bits per heavy atom. The van der Waals surface area contributed by atoms with Gasteiger partial charge in [-0.15, -0.1) is 0 Å². The summed E-state index contributed by atoms with van der Waals surface area (Å²) >= 11 is 0. The number of hydrogen-bond donors (Lipinski definition) is 2. The van der Waals surface area contributed by atoms with Gasteiger partial charge in [0, 0.05) is 18.0 Å². The van der Waals surface area contributed by atoms with Gasteiger partial charge in [-0.25, -0.2) is 18.5 Å². The molecule has 1 heterocycles. The Bertz CT molecular complexity index is 846. The highest BCUT2D eigenvalue weighted by Gasteiger charge is 2.15. The number of benzene rings is 1.